The summed E-state index contributed by atoms with van der Waals surface area (Å²) in [5, 5.41) is 3.52. The maximum Gasteiger partial charge on any atom is 0.329 e. The molecule has 0 aromatic heterocycles. The Morgan fingerprint density at radius 1 is 1.07 bits per heavy atom. The molecule has 2 aliphatic heterocycles. The predicted molar refractivity (Wildman–Crippen MR) is 115 cm³/mol. The molecule has 2 fully saturated rings. The first kappa shape index (κ1) is 20.5. The molecule has 0 saturated carbocycles. The highest BCUT2D eigenvalue weighted by atomic mass is 19.1. The van der Waals surface area contributed by atoms with Gasteiger partial charge in [0.25, 0.3) is 0 Å². The third kappa shape index (κ3) is 4.51. The van der Waals surface area contributed by atoms with Crippen LogP contribution in [0.25, 0.3) is 0 Å². The summed E-state index contributed by atoms with van der Waals surface area (Å²) in [4.78, 5) is 16.2. The maximum atomic E-state index is 13.6. The molecule has 160 valence electrons. The molecule has 6 nitrogen and oxygen atoms in total. The Morgan fingerprint density at radius 2 is 1.87 bits per heavy atom. The SMILES string of the molecule is COc1ccc(N2CCN(c3cccc(F)c3)C2=O)cc1OCCC1CCCCN1. The van der Waals surface area contributed by atoms with Crippen molar-refractivity contribution >= 4 is 17.4 Å². The molecule has 2 aliphatic rings. The van der Waals surface area contributed by atoms with Gasteiger partial charge >= 0.3 is 6.03 Å². The van der Waals surface area contributed by atoms with Crippen LogP contribution in [0.1, 0.15) is 25.7 Å². The van der Waals surface area contributed by atoms with Gasteiger partial charge < -0.3 is 14.8 Å². The van der Waals surface area contributed by atoms with Gasteiger partial charge in [0.2, 0.25) is 0 Å². The van der Waals surface area contributed by atoms with Crippen LogP contribution in [-0.4, -0.2) is 45.4 Å². The highest BCUT2D eigenvalue weighted by molar-refractivity contribution is 6.06. The topological polar surface area (TPSA) is 54.0 Å². The van der Waals surface area contributed by atoms with Gasteiger partial charge in [0.1, 0.15) is 5.82 Å². The number of carbonyl (C=O) groups is 1. The van der Waals surface area contributed by atoms with E-state index < -0.39 is 0 Å². The number of rotatable bonds is 7. The van der Waals surface area contributed by atoms with Gasteiger partial charge in [0.15, 0.2) is 11.5 Å². The molecule has 2 saturated heterocycles. The van der Waals surface area contributed by atoms with Crippen molar-refractivity contribution in [2.24, 2.45) is 0 Å². The van der Waals surface area contributed by atoms with E-state index in [1.54, 1.807) is 29.0 Å². The van der Waals surface area contributed by atoms with E-state index >= 15 is 0 Å². The molecular weight excluding hydrogens is 385 g/mol. The minimum Gasteiger partial charge on any atom is -0.493 e. The molecule has 4 rings (SSSR count). The average Bonchev–Trinajstić information content (AvgIpc) is 3.16. The summed E-state index contributed by atoms with van der Waals surface area (Å²) in [6.07, 6.45) is 4.61. The van der Waals surface area contributed by atoms with Gasteiger partial charge in [0, 0.05) is 36.6 Å². The number of methoxy groups -OCH3 is 1. The number of benzene rings is 2. The van der Waals surface area contributed by atoms with Gasteiger partial charge in [-0.1, -0.05) is 12.5 Å². The summed E-state index contributed by atoms with van der Waals surface area (Å²) in [5.74, 6) is 0.915. The molecule has 7 heteroatoms. The van der Waals surface area contributed by atoms with E-state index in [-0.39, 0.29) is 11.8 Å². The predicted octanol–water partition coefficient (Wildman–Crippen LogP) is 4.19. The van der Waals surface area contributed by atoms with Crippen LogP contribution >= 0.6 is 0 Å². The van der Waals surface area contributed by atoms with Gasteiger partial charge in [0.05, 0.1) is 13.7 Å². The van der Waals surface area contributed by atoms with E-state index in [1.807, 2.05) is 18.2 Å². The zero-order chi connectivity index (χ0) is 20.9. The van der Waals surface area contributed by atoms with Crippen LogP contribution in [0.3, 0.4) is 0 Å². The number of hydrogen-bond donors (Lipinski definition) is 1. The lowest BCUT2D eigenvalue weighted by Crippen LogP contribution is -2.35. The summed E-state index contributed by atoms with van der Waals surface area (Å²) in [6, 6.07) is 11.9. The van der Waals surface area contributed by atoms with Crippen LogP contribution in [-0.2, 0) is 0 Å². The Hall–Kier alpha value is -2.80. The Labute approximate surface area is 176 Å². The highest BCUT2D eigenvalue weighted by Gasteiger charge is 2.31. The minimum absolute atomic E-state index is 0.178. The monoisotopic (exact) mass is 413 g/mol. The number of ether oxygens (including phenoxy) is 2. The summed E-state index contributed by atoms with van der Waals surface area (Å²) in [6.45, 7) is 2.67. The summed E-state index contributed by atoms with van der Waals surface area (Å²) >= 11 is 0. The van der Waals surface area contributed by atoms with E-state index in [9.17, 15) is 9.18 Å². The van der Waals surface area contributed by atoms with E-state index in [4.69, 9.17) is 9.47 Å². The van der Waals surface area contributed by atoms with Crippen molar-refractivity contribution in [3.05, 3.63) is 48.3 Å². The number of piperidine rings is 1. The Balaban J connectivity index is 1.45. The fourth-order valence-electron chi connectivity index (χ4n) is 4.09. The first-order chi connectivity index (χ1) is 14.7. The summed E-state index contributed by atoms with van der Waals surface area (Å²) < 4.78 is 25.0. The number of urea groups is 1. The molecule has 0 radical (unpaired) electrons. The molecule has 30 heavy (non-hydrogen) atoms. The van der Waals surface area contributed by atoms with Crippen molar-refractivity contribution in [3.63, 3.8) is 0 Å². The molecule has 1 N–H and O–H groups in total. The van der Waals surface area contributed by atoms with Crippen molar-refractivity contribution in [1.82, 2.24) is 5.32 Å². The van der Waals surface area contributed by atoms with Crippen molar-refractivity contribution in [2.75, 3.05) is 43.2 Å². The normalized spacial score (nSPS) is 19.3. The summed E-state index contributed by atoms with van der Waals surface area (Å²) in [7, 11) is 1.61. The van der Waals surface area contributed by atoms with Crippen LogP contribution in [0, 0.1) is 5.82 Å². The van der Waals surface area contributed by atoms with Gasteiger partial charge in [-0.05, 0) is 56.1 Å². The first-order valence-corrected chi connectivity index (χ1v) is 10.5. The third-order valence-electron chi connectivity index (χ3n) is 5.72. The second kappa shape index (κ2) is 9.34. The Kier molecular flexibility index (Phi) is 6.38. The number of nitrogens with zero attached hydrogens (tertiary/aromatic N) is 2. The first-order valence-electron chi connectivity index (χ1n) is 10.5. The average molecular weight is 413 g/mol. The standard InChI is InChI=1S/C23H28FN3O3/c1-29-21-9-8-20(16-22(21)30-14-10-18-6-2-3-11-25-18)27-13-12-26(23(27)28)19-7-4-5-17(24)15-19/h4-5,7-9,15-16,18,25H,2-3,6,10-14H2,1H3. The number of carbonyl (C=O) groups excluding carboxylic acids is 1. The minimum atomic E-state index is -0.355. The number of amides is 2. The molecule has 2 aromatic rings. The van der Waals surface area contributed by atoms with E-state index in [0.717, 1.165) is 18.7 Å². The fraction of sp³-hybridized carbons (Fsp3) is 0.435. The largest absolute Gasteiger partial charge is 0.493 e. The lowest BCUT2D eigenvalue weighted by molar-refractivity contribution is 0.255. The number of halogens is 1. The van der Waals surface area contributed by atoms with Crippen molar-refractivity contribution < 1.29 is 18.7 Å². The molecular formula is C23H28FN3O3. The Bertz CT molecular complexity index is 886. The zero-order valence-corrected chi connectivity index (χ0v) is 17.3. The van der Waals surface area contributed by atoms with Gasteiger partial charge in [-0.3, -0.25) is 9.80 Å². The van der Waals surface area contributed by atoms with E-state index in [2.05, 4.69) is 5.32 Å². The number of hydrogen-bond acceptors (Lipinski definition) is 4. The number of anilines is 2. The van der Waals surface area contributed by atoms with Crippen molar-refractivity contribution in [1.29, 1.82) is 0 Å². The molecule has 1 unspecified atom stereocenters. The zero-order valence-electron chi connectivity index (χ0n) is 17.3. The molecule has 0 aliphatic carbocycles. The lowest BCUT2D eigenvalue weighted by atomic mass is 10.0. The number of nitrogens with one attached hydrogen (secondary N) is 1. The quantitative estimate of drug-likeness (QED) is 0.740. The van der Waals surface area contributed by atoms with Crippen molar-refractivity contribution in [2.45, 2.75) is 31.7 Å². The van der Waals surface area contributed by atoms with Crippen LogP contribution in [0.4, 0.5) is 20.6 Å². The molecule has 2 aromatic carbocycles. The van der Waals surface area contributed by atoms with Gasteiger partial charge in [-0.2, -0.15) is 0 Å². The highest BCUT2D eigenvalue weighted by Crippen LogP contribution is 2.34. The molecule has 1 atom stereocenters. The van der Waals surface area contributed by atoms with Crippen LogP contribution in [0.15, 0.2) is 42.5 Å². The third-order valence-corrected chi connectivity index (χ3v) is 5.72. The molecule has 2 heterocycles. The maximum absolute atomic E-state index is 13.6. The van der Waals surface area contributed by atoms with Crippen molar-refractivity contribution in [3.8, 4) is 11.5 Å². The smallest absolute Gasteiger partial charge is 0.329 e. The van der Waals surface area contributed by atoms with Crippen LogP contribution in [0.2, 0.25) is 0 Å². The van der Waals surface area contributed by atoms with Gasteiger partial charge in [-0.25, -0.2) is 9.18 Å². The van der Waals surface area contributed by atoms with E-state index in [0.29, 0.717) is 42.9 Å². The second-order valence-corrected chi connectivity index (χ2v) is 7.68. The van der Waals surface area contributed by atoms with E-state index in [1.165, 1.54) is 31.4 Å². The molecule has 0 bridgehead atoms. The van der Waals surface area contributed by atoms with Crippen LogP contribution < -0.4 is 24.6 Å². The Morgan fingerprint density at radius 3 is 2.57 bits per heavy atom. The fourth-order valence-corrected chi connectivity index (χ4v) is 4.09. The lowest BCUT2D eigenvalue weighted by Gasteiger charge is -2.24. The molecule has 0 spiro atoms. The summed E-state index contributed by atoms with van der Waals surface area (Å²) in [5.41, 5.74) is 1.30. The van der Waals surface area contributed by atoms with Gasteiger partial charge in [-0.15, -0.1) is 0 Å². The second-order valence-electron chi connectivity index (χ2n) is 7.68. The molecule has 2 amide bonds. The van der Waals surface area contributed by atoms with Crippen LogP contribution in [0.5, 0.6) is 11.5 Å².